The number of hydrogen-bond acceptors (Lipinski definition) is 5. The van der Waals surface area contributed by atoms with Crippen molar-refractivity contribution in [2.45, 2.75) is 19.4 Å². The molecule has 1 atom stereocenters. The third-order valence-electron chi connectivity index (χ3n) is 3.70. The number of para-hydroxylation sites is 1. The number of amides is 1. The maximum atomic E-state index is 12.2. The van der Waals surface area contributed by atoms with Crippen LogP contribution in [0.4, 0.5) is 0 Å². The van der Waals surface area contributed by atoms with E-state index in [1.807, 2.05) is 24.3 Å². The predicted octanol–water partition coefficient (Wildman–Crippen LogP) is 3.53. The molecule has 0 saturated carbocycles. The first-order chi connectivity index (χ1) is 11.6. The van der Waals surface area contributed by atoms with Crippen LogP contribution in [0.25, 0.3) is 11.0 Å². The number of aliphatic hydroxyl groups is 1. The Balaban J connectivity index is 1.62. The van der Waals surface area contributed by atoms with E-state index in [2.05, 4.69) is 5.32 Å². The lowest BCUT2D eigenvalue weighted by Gasteiger charge is -2.02. The number of carbonyl (C=O) groups excluding carboxylic acids is 1. The van der Waals surface area contributed by atoms with Crippen LogP contribution >= 0.6 is 11.3 Å². The predicted molar refractivity (Wildman–Crippen MR) is 93.8 cm³/mol. The van der Waals surface area contributed by atoms with Crippen LogP contribution in [0.5, 0.6) is 5.75 Å². The van der Waals surface area contributed by atoms with Crippen LogP contribution in [-0.2, 0) is 6.42 Å². The summed E-state index contributed by atoms with van der Waals surface area (Å²) in [5.41, 5.74) is 0.574. The number of carbonyl (C=O) groups is 1. The van der Waals surface area contributed by atoms with Crippen LogP contribution in [-0.4, -0.2) is 24.7 Å². The molecule has 0 bridgehead atoms. The van der Waals surface area contributed by atoms with E-state index in [-0.39, 0.29) is 11.7 Å². The van der Waals surface area contributed by atoms with E-state index in [1.54, 1.807) is 37.5 Å². The van der Waals surface area contributed by atoms with Crippen molar-refractivity contribution < 1.29 is 19.1 Å². The Morgan fingerprint density at radius 1 is 1.38 bits per heavy atom. The Kier molecular flexibility index (Phi) is 4.87. The van der Waals surface area contributed by atoms with Crippen molar-refractivity contribution in [3.63, 3.8) is 0 Å². The third kappa shape index (κ3) is 3.44. The Morgan fingerprint density at radius 3 is 2.92 bits per heavy atom. The molecule has 2 aromatic heterocycles. The van der Waals surface area contributed by atoms with Gasteiger partial charge in [0.25, 0.3) is 5.91 Å². The zero-order valence-corrected chi connectivity index (χ0v) is 14.4. The highest BCUT2D eigenvalue weighted by Crippen LogP contribution is 2.28. The molecule has 0 saturated heterocycles. The number of nitrogens with one attached hydrogen (secondary N) is 1. The molecule has 0 spiro atoms. The van der Waals surface area contributed by atoms with Gasteiger partial charge in [0.05, 0.1) is 13.2 Å². The molecule has 5 nitrogen and oxygen atoms in total. The fraction of sp³-hybridized carbons (Fsp3) is 0.278. The van der Waals surface area contributed by atoms with Gasteiger partial charge in [-0.25, -0.2) is 0 Å². The van der Waals surface area contributed by atoms with Crippen LogP contribution in [0.1, 0.15) is 33.3 Å². The third-order valence-corrected chi connectivity index (χ3v) is 5.02. The highest BCUT2D eigenvalue weighted by atomic mass is 32.1. The summed E-state index contributed by atoms with van der Waals surface area (Å²) >= 11 is 1.56. The average Bonchev–Trinajstić information content (AvgIpc) is 3.21. The first kappa shape index (κ1) is 16.5. The van der Waals surface area contributed by atoms with Gasteiger partial charge in [0, 0.05) is 21.7 Å². The van der Waals surface area contributed by atoms with Crippen molar-refractivity contribution in [2.75, 3.05) is 13.7 Å². The van der Waals surface area contributed by atoms with Gasteiger partial charge < -0.3 is 19.6 Å². The minimum absolute atomic E-state index is 0.249. The van der Waals surface area contributed by atoms with E-state index >= 15 is 0 Å². The average molecular weight is 345 g/mol. The van der Waals surface area contributed by atoms with Crippen LogP contribution in [0.15, 0.2) is 40.8 Å². The molecule has 2 N–H and O–H groups in total. The Labute approximate surface area is 143 Å². The fourth-order valence-corrected chi connectivity index (χ4v) is 3.40. The minimum Gasteiger partial charge on any atom is -0.493 e. The lowest BCUT2D eigenvalue weighted by molar-refractivity contribution is 0.0928. The van der Waals surface area contributed by atoms with Gasteiger partial charge >= 0.3 is 0 Å². The standard InChI is InChI=1S/C18H19NO4S/c1-11(20)16-7-6-13(24-16)8-9-19-18(21)15-10-12-4-3-5-14(22-2)17(12)23-15/h3-7,10-11,20H,8-9H2,1-2H3,(H,19,21)/t11-/m1/s1. The topological polar surface area (TPSA) is 71.7 Å². The van der Waals surface area contributed by atoms with E-state index in [4.69, 9.17) is 9.15 Å². The van der Waals surface area contributed by atoms with E-state index in [9.17, 15) is 9.90 Å². The number of hydrogen-bond donors (Lipinski definition) is 2. The first-order valence-corrected chi connectivity index (χ1v) is 8.51. The molecular weight excluding hydrogens is 326 g/mol. The van der Waals surface area contributed by atoms with Crippen LogP contribution < -0.4 is 10.1 Å². The number of fused-ring (bicyclic) bond motifs is 1. The molecular formula is C18H19NO4S. The highest BCUT2D eigenvalue weighted by molar-refractivity contribution is 7.12. The molecule has 1 amide bonds. The van der Waals surface area contributed by atoms with E-state index < -0.39 is 6.10 Å². The molecule has 0 aliphatic rings. The van der Waals surface area contributed by atoms with Crippen molar-refractivity contribution in [2.24, 2.45) is 0 Å². The lowest BCUT2D eigenvalue weighted by Crippen LogP contribution is -2.25. The quantitative estimate of drug-likeness (QED) is 0.717. The summed E-state index contributed by atoms with van der Waals surface area (Å²) in [6.07, 6.45) is 0.260. The SMILES string of the molecule is COc1cccc2cc(C(=O)NCCc3ccc([C@@H](C)O)s3)oc12. The number of rotatable bonds is 6. The molecule has 1 aromatic carbocycles. The highest BCUT2D eigenvalue weighted by Gasteiger charge is 2.14. The Bertz CT molecular complexity index is 850. The van der Waals surface area contributed by atoms with Crippen molar-refractivity contribution in [3.8, 4) is 5.75 Å². The largest absolute Gasteiger partial charge is 0.493 e. The molecule has 24 heavy (non-hydrogen) atoms. The molecule has 0 fully saturated rings. The van der Waals surface area contributed by atoms with Gasteiger partial charge in [-0.15, -0.1) is 11.3 Å². The minimum atomic E-state index is -0.455. The second kappa shape index (κ2) is 7.07. The summed E-state index contributed by atoms with van der Waals surface area (Å²) in [5.74, 6) is 0.627. The van der Waals surface area contributed by atoms with Crippen molar-refractivity contribution in [1.29, 1.82) is 0 Å². The normalized spacial score (nSPS) is 12.3. The number of benzene rings is 1. The molecule has 6 heteroatoms. The van der Waals surface area contributed by atoms with Crippen molar-refractivity contribution >= 4 is 28.2 Å². The molecule has 0 aliphatic carbocycles. The molecule has 0 unspecified atom stereocenters. The molecule has 126 valence electrons. The van der Waals surface area contributed by atoms with Gasteiger partial charge in [-0.1, -0.05) is 12.1 Å². The number of ether oxygens (including phenoxy) is 1. The van der Waals surface area contributed by atoms with Gasteiger partial charge in [-0.3, -0.25) is 4.79 Å². The van der Waals surface area contributed by atoms with Crippen LogP contribution in [0.3, 0.4) is 0 Å². The molecule has 0 radical (unpaired) electrons. The van der Waals surface area contributed by atoms with Gasteiger partial charge in [-0.2, -0.15) is 0 Å². The van der Waals surface area contributed by atoms with Crippen LogP contribution in [0, 0.1) is 0 Å². The fourth-order valence-electron chi connectivity index (χ4n) is 2.45. The maximum Gasteiger partial charge on any atom is 0.287 e. The number of aliphatic hydroxyl groups excluding tert-OH is 1. The molecule has 3 rings (SSSR count). The smallest absolute Gasteiger partial charge is 0.287 e. The maximum absolute atomic E-state index is 12.2. The van der Waals surface area contributed by atoms with Crippen molar-refractivity contribution in [1.82, 2.24) is 5.32 Å². The summed E-state index contributed by atoms with van der Waals surface area (Å²) in [6, 6.07) is 11.1. The van der Waals surface area contributed by atoms with Gasteiger partial charge in [-0.05, 0) is 37.6 Å². The summed E-state index contributed by atoms with van der Waals surface area (Å²) in [5, 5.41) is 13.2. The number of methoxy groups -OCH3 is 1. The summed E-state index contributed by atoms with van der Waals surface area (Å²) in [6.45, 7) is 2.25. The molecule has 3 aromatic rings. The molecule has 0 aliphatic heterocycles. The summed E-state index contributed by atoms with van der Waals surface area (Å²) in [4.78, 5) is 14.3. The second-order valence-electron chi connectivity index (χ2n) is 5.48. The van der Waals surface area contributed by atoms with Gasteiger partial charge in [0.2, 0.25) is 0 Å². The Hall–Kier alpha value is -2.31. The van der Waals surface area contributed by atoms with Crippen LogP contribution in [0.2, 0.25) is 0 Å². The van der Waals surface area contributed by atoms with E-state index in [0.717, 1.165) is 15.1 Å². The van der Waals surface area contributed by atoms with Crippen molar-refractivity contribution in [3.05, 3.63) is 51.9 Å². The zero-order chi connectivity index (χ0) is 17.1. The van der Waals surface area contributed by atoms with E-state index in [0.29, 0.717) is 24.3 Å². The molecule has 2 heterocycles. The van der Waals surface area contributed by atoms with Gasteiger partial charge in [0.1, 0.15) is 0 Å². The number of furan rings is 1. The second-order valence-corrected chi connectivity index (χ2v) is 6.68. The first-order valence-electron chi connectivity index (χ1n) is 7.70. The monoisotopic (exact) mass is 345 g/mol. The summed E-state index contributed by atoms with van der Waals surface area (Å²) in [7, 11) is 1.57. The zero-order valence-electron chi connectivity index (χ0n) is 13.5. The number of thiophene rings is 1. The van der Waals surface area contributed by atoms with Gasteiger partial charge in [0.15, 0.2) is 17.1 Å². The Morgan fingerprint density at radius 2 is 2.21 bits per heavy atom. The summed E-state index contributed by atoms with van der Waals surface area (Å²) < 4.78 is 10.9. The van der Waals surface area contributed by atoms with E-state index in [1.165, 1.54) is 0 Å². The lowest BCUT2D eigenvalue weighted by atomic mass is 10.2.